The van der Waals surface area contributed by atoms with Gasteiger partial charge in [-0.05, 0) is 25.3 Å². The molecule has 0 spiro atoms. The van der Waals surface area contributed by atoms with Crippen molar-refractivity contribution in [1.82, 2.24) is 4.98 Å². The number of esters is 2. The van der Waals surface area contributed by atoms with Crippen LogP contribution in [0.2, 0.25) is 0 Å². The molecule has 0 aliphatic rings. The monoisotopic (exact) mass is 501 g/mol. The Morgan fingerprint density at radius 3 is 2.47 bits per heavy atom. The minimum atomic E-state index is -0.534. The predicted molar refractivity (Wildman–Crippen MR) is 132 cm³/mol. The second kappa shape index (κ2) is 15.5. The minimum Gasteiger partial charge on any atom is -0.493 e. The van der Waals surface area contributed by atoms with Crippen LogP contribution >= 0.6 is 0 Å². The quantitative estimate of drug-likeness (QED) is 0.145. The molecule has 0 N–H and O–H groups in total. The van der Waals surface area contributed by atoms with Gasteiger partial charge in [0.2, 0.25) is 6.79 Å². The van der Waals surface area contributed by atoms with Crippen molar-refractivity contribution in [2.45, 2.75) is 52.6 Å². The molecular formula is C27H35NO8. The molecule has 0 saturated heterocycles. The summed E-state index contributed by atoms with van der Waals surface area (Å²) in [7, 11) is 1.41. The van der Waals surface area contributed by atoms with E-state index in [9.17, 15) is 14.4 Å². The number of methoxy groups -OCH3 is 1. The summed E-state index contributed by atoms with van der Waals surface area (Å²) < 4.78 is 26.8. The highest BCUT2D eigenvalue weighted by atomic mass is 16.7. The SMILES string of the molecule is CCCOC[C@@H](Cc1ccccc1)[C@H](C)OC(=O)CCC(=O)c1nccc(OC)c1OCOC(C)=O. The number of benzene rings is 1. The van der Waals surface area contributed by atoms with Gasteiger partial charge in [0.05, 0.1) is 20.1 Å². The van der Waals surface area contributed by atoms with Crippen LogP contribution in [0, 0.1) is 5.92 Å². The van der Waals surface area contributed by atoms with Crippen LogP contribution in [0.4, 0.5) is 0 Å². The molecule has 0 radical (unpaired) electrons. The van der Waals surface area contributed by atoms with Crippen LogP contribution in [0.15, 0.2) is 42.6 Å². The fourth-order valence-corrected chi connectivity index (χ4v) is 3.45. The normalized spacial score (nSPS) is 12.3. The largest absolute Gasteiger partial charge is 0.493 e. The molecule has 196 valence electrons. The van der Waals surface area contributed by atoms with E-state index in [0.717, 1.165) is 12.0 Å². The van der Waals surface area contributed by atoms with Crippen molar-refractivity contribution in [3.63, 3.8) is 0 Å². The zero-order valence-corrected chi connectivity index (χ0v) is 21.4. The number of rotatable bonds is 16. The second-order valence-electron chi connectivity index (χ2n) is 8.23. The maximum Gasteiger partial charge on any atom is 0.306 e. The maximum atomic E-state index is 12.8. The van der Waals surface area contributed by atoms with E-state index in [1.807, 2.05) is 44.2 Å². The lowest BCUT2D eigenvalue weighted by Crippen LogP contribution is -2.30. The van der Waals surface area contributed by atoms with Crippen LogP contribution in [0.5, 0.6) is 11.5 Å². The number of pyridine rings is 1. The van der Waals surface area contributed by atoms with Gasteiger partial charge in [0.1, 0.15) is 6.10 Å². The topological polar surface area (TPSA) is 110 Å². The first-order chi connectivity index (χ1) is 17.3. The molecule has 2 atom stereocenters. The molecule has 0 fully saturated rings. The van der Waals surface area contributed by atoms with E-state index in [4.69, 9.17) is 23.7 Å². The first kappa shape index (κ1) is 28.8. The van der Waals surface area contributed by atoms with Crippen molar-refractivity contribution in [2.24, 2.45) is 5.92 Å². The van der Waals surface area contributed by atoms with Gasteiger partial charge in [-0.15, -0.1) is 0 Å². The third kappa shape index (κ3) is 9.65. The highest BCUT2D eigenvalue weighted by Crippen LogP contribution is 2.30. The summed E-state index contributed by atoms with van der Waals surface area (Å²) in [6.45, 7) is 5.82. The Morgan fingerprint density at radius 1 is 1.06 bits per heavy atom. The van der Waals surface area contributed by atoms with Crippen molar-refractivity contribution in [2.75, 3.05) is 27.1 Å². The molecule has 0 saturated carbocycles. The standard InChI is InChI=1S/C27H35NO8/c1-5-15-33-17-22(16-21-9-7-6-8-10-21)19(2)36-25(31)12-11-23(30)26-27(35-18-34-20(3)29)24(32-4)13-14-28-26/h6-10,13-14,19,22H,5,11-12,15-18H2,1-4H3/t19-,22+/m0/s1. The van der Waals surface area contributed by atoms with Gasteiger partial charge >= 0.3 is 11.9 Å². The van der Waals surface area contributed by atoms with Crippen molar-refractivity contribution in [1.29, 1.82) is 0 Å². The van der Waals surface area contributed by atoms with Crippen molar-refractivity contribution in [3.05, 3.63) is 53.9 Å². The predicted octanol–water partition coefficient (Wildman–Crippen LogP) is 4.17. The summed E-state index contributed by atoms with van der Waals surface area (Å²) in [6, 6.07) is 11.5. The average molecular weight is 502 g/mol. The second-order valence-corrected chi connectivity index (χ2v) is 8.23. The fraction of sp³-hybridized carbons (Fsp3) is 0.481. The number of carbonyl (C=O) groups is 3. The Labute approximate surface area is 212 Å². The van der Waals surface area contributed by atoms with Crippen LogP contribution in [0.25, 0.3) is 0 Å². The summed E-state index contributed by atoms with van der Waals surface area (Å²) in [5.41, 5.74) is 1.11. The number of hydrogen-bond donors (Lipinski definition) is 0. The smallest absolute Gasteiger partial charge is 0.306 e. The van der Waals surface area contributed by atoms with E-state index in [1.165, 1.54) is 26.3 Å². The van der Waals surface area contributed by atoms with E-state index in [2.05, 4.69) is 4.98 Å². The highest BCUT2D eigenvalue weighted by Gasteiger charge is 2.24. The van der Waals surface area contributed by atoms with E-state index in [-0.39, 0.29) is 36.0 Å². The Hall–Kier alpha value is -3.46. The van der Waals surface area contributed by atoms with Crippen molar-refractivity contribution in [3.8, 4) is 11.5 Å². The lowest BCUT2D eigenvalue weighted by Gasteiger charge is -2.24. The molecule has 0 bridgehead atoms. The number of hydrogen-bond acceptors (Lipinski definition) is 9. The Bertz CT molecular complexity index is 979. The molecule has 0 aliphatic heterocycles. The number of carbonyl (C=O) groups excluding carboxylic acids is 3. The zero-order valence-electron chi connectivity index (χ0n) is 21.4. The third-order valence-electron chi connectivity index (χ3n) is 5.38. The first-order valence-corrected chi connectivity index (χ1v) is 12.0. The molecule has 0 unspecified atom stereocenters. The number of nitrogens with zero attached hydrogens (tertiary/aromatic N) is 1. The highest BCUT2D eigenvalue weighted by molar-refractivity contribution is 5.98. The first-order valence-electron chi connectivity index (χ1n) is 12.0. The lowest BCUT2D eigenvalue weighted by molar-refractivity contribution is -0.152. The van der Waals surface area contributed by atoms with Crippen LogP contribution < -0.4 is 9.47 Å². The molecule has 0 amide bonds. The Morgan fingerprint density at radius 2 is 1.81 bits per heavy atom. The molecule has 2 aromatic rings. The van der Waals surface area contributed by atoms with Crippen molar-refractivity contribution < 1.29 is 38.1 Å². The van der Waals surface area contributed by atoms with E-state index < -0.39 is 30.6 Å². The van der Waals surface area contributed by atoms with Gasteiger partial charge in [0.15, 0.2) is 23.0 Å². The third-order valence-corrected chi connectivity index (χ3v) is 5.38. The Balaban J connectivity index is 1.98. The molecular weight excluding hydrogens is 466 g/mol. The zero-order chi connectivity index (χ0) is 26.3. The van der Waals surface area contributed by atoms with Gasteiger partial charge in [-0.3, -0.25) is 14.4 Å². The van der Waals surface area contributed by atoms with Crippen LogP contribution in [0.3, 0.4) is 0 Å². The maximum absolute atomic E-state index is 12.8. The summed E-state index contributed by atoms with van der Waals surface area (Å²) in [5, 5.41) is 0. The van der Waals surface area contributed by atoms with Gasteiger partial charge in [-0.25, -0.2) is 4.98 Å². The summed E-state index contributed by atoms with van der Waals surface area (Å²) >= 11 is 0. The summed E-state index contributed by atoms with van der Waals surface area (Å²) in [6.07, 6.45) is 2.34. The number of ether oxygens (including phenoxy) is 5. The van der Waals surface area contributed by atoms with Crippen molar-refractivity contribution >= 4 is 17.7 Å². The number of Topliss-reactive ketones (excluding diaryl/α,β-unsaturated/α-hetero) is 1. The van der Waals surface area contributed by atoms with Gasteiger partial charge in [-0.1, -0.05) is 37.3 Å². The summed E-state index contributed by atoms with van der Waals surface area (Å²) in [4.78, 5) is 40.5. The number of ketones is 1. The molecule has 9 nitrogen and oxygen atoms in total. The summed E-state index contributed by atoms with van der Waals surface area (Å²) in [5.74, 6) is -1.18. The molecule has 2 rings (SSSR count). The Kier molecular flexibility index (Phi) is 12.4. The molecule has 1 heterocycles. The van der Waals surface area contributed by atoms with Crippen LogP contribution in [0.1, 0.15) is 56.1 Å². The van der Waals surface area contributed by atoms with Gasteiger partial charge < -0.3 is 23.7 Å². The molecule has 36 heavy (non-hydrogen) atoms. The van der Waals surface area contributed by atoms with Gasteiger partial charge in [0, 0.05) is 38.1 Å². The molecule has 0 aliphatic carbocycles. The fourth-order valence-electron chi connectivity index (χ4n) is 3.45. The van der Waals surface area contributed by atoms with E-state index >= 15 is 0 Å². The molecule has 1 aromatic heterocycles. The average Bonchev–Trinajstić information content (AvgIpc) is 2.87. The van der Waals surface area contributed by atoms with Gasteiger partial charge in [-0.2, -0.15) is 0 Å². The lowest BCUT2D eigenvalue weighted by atomic mass is 9.95. The van der Waals surface area contributed by atoms with E-state index in [0.29, 0.717) is 19.6 Å². The number of aromatic nitrogens is 1. The molecule has 9 heteroatoms. The van der Waals surface area contributed by atoms with Crippen LogP contribution in [-0.4, -0.2) is 55.9 Å². The van der Waals surface area contributed by atoms with E-state index in [1.54, 1.807) is 0 Å². The molecule has 1 aromatic carbocycles. The van der Waals surface area contributed by atoms with Crippen LogP contribution in [-0.2, 0) is 30.2 Å². The van der Waals surface area contributed by atoms with Gasteiger partial charge in [0.25, 0.3) is 0 Å². The minimum absolute atomic E-state index is 0.0164.